The smallest absolute Gasteiger partial charge is 0.280 e. The second-order valence-electron chi connectivity index (χ2n) is 9.84. The number of imidazole rings is 1. The maximum Gasteiger partial charge on any atom is 0.280 e. The first-order valence-corrected chi connectivity index (χ1v) is 13.0. The highest BCUT2D eigenvalue weighted by Gasteiger charge is 2.64. The van der Waals surface area contributed by atoms with Crippen molar-refractivity contribution >= 4 is 46.4 Å². The predicted molar refractivity (Wildman–Crippen MR) is 148 cm³/mol. The lowest BCUT2D eigenvalue weighted by Crippen LogP contribution is -2.51. The molecular weight excluding hydrogens is 542 g/mol. The molecule has 198 valence electrons. The molecule has 7 nitrogen and oxygen atoms in total. The summed E-state index contributed by atoms with van der Waals surface area (Å²) in [6, 6.07) is 14.4. The fourth-order valence-corrected chi connectivity index (χ4v) is 6.04. The molecule has 3 heterocycles. The van der Waals surface area contributed by atoms with Gasteiger partial charge in [0.25, 0.3) is 11.8 Å². The first kappa shape index (κ1) is 25.4. The molecule has 0 radical (unpaired) electrons. The molecule has 2 amide bonds. The lowest BCUT2D eigenvalue weighted by molar-refractivity contribution is -0.119. The topological polar surface area (TPSA) is 76.5 Å². The third kappa shape index (κ3) is 3.38. The third-order valence-electron chi connectivity index (χ3n) is 7.29. The molecule has 0 fully saturated rings. The van der Waals surface area contributed by atoms with E-state index in [1.165, 1.54) is 24.1 Å². The Balaban J connectivity index is 1.76. The van der Waals surface area contributed by atoms with E-state index >= 15 is 4.39 Å². The SMILES string of the molecule is COc1cccc(F)c1-c1nc2c(n1C(C)C)C1(C(=O)Nc3cc(Cl)ccc31)N(c1cc(Cl)ccc1C)C2=O. The summed E-state index contributed by atoms with van der Waals surface area (Å²) in [7, 11) is 1.44. The fraction of sp³-hybridized carbons (Fsp3) is 0.207. The molecule has 2 aliphatic rings. The Hall–Kier alpha value is -3.88. The molecule has 0 saturated heterocycles. The number of nitrogens with zero attached hydrogens (tertiary/aromatic N) is 3. The van der Waals surface area contributed by atoms with Gasteiger partial charge in [-0.3, -0.25) is 14.5 Å². The van der Waals surface area contributed by atoms with Gasteiger partial charge < -0.3 is 14.6 Å². The van der Waals surface area contributed by atoms with Gasteiger partial charge in [0.05, 0.1) is 24.1 Å². The van der Waals surface area contributed by atoms with Crippen molar-refractivity contribution in [3.63, 3.8) is 0 Å². The number of carbonyl (C=O) groups excluding carboxylic acids is 2. The number of benzene rings is 3. The lowest BCUT2D eigenvalue weighted by Gasteiger charge is -2.36. The van der Waals surface area contributed by atoms with Crippen LogP contribution >= 0.6 is 23.2 Å². The molecule has 1 unspecified atom stereocenters. The van der Waals surface area contributed by atoms with Crippen molar-refractivity contribution in [3.8, 4) is 17.1 Å². The summed E-state index contributed by atoms with van der Waals surface area (Å²) in [6.07, 6.45) is 0. The molecule has 2 aliphatic heterocycles. The van der Waals surface area contributed by atoms with Crippen LogP contribution in [0.4, 0.5) is 15.8 Å². The highest BCUT2D eigenvalue weighted by Crippen LogP contribution is 2.55. The van der Waals surface area contributed by atoms with E-state index in [4.69, 9.17) is 32.9 Å². The zero-order chi connectivity index (χ0) is 27.8. The van der Waals surface area contributed by atoms with Crippen LogP contribution in [0.2, 0.25) is 10.0 Å². The largest absolute Gasteiger partial charge is 0.496 e. The maximum atomic E-state index is 15.4. The van der Waals surface area contributed by atoms with Crippen LogP contribution in [0.3, 0.4) is 0 Å². The van der Waals surface area contributed by atoms with Crippen molar-refractivity contribution in [1.29, 1.82) is 0 Å². The third-order valence-corrected chi connectivity index (χ3v) is 7.76. The van der Waals surface area contributed by atoms with Crippen LogP contribution in [0.5, 0.6) is 5.75 Å². The number of hydrogen-bond acceptors (Lipinski definition) is 4. The van der Waals surface area contributed by atoms with E-state index in [-0.39, 0.29) is 28.9 Å². The van der Waals surface area contributed by atoms with Gasteiger partial charge in [-0.1, -0.05) is 41.4 Å². The number of ether oxygens (including phenoxy) is 1. The van der Waals surface area contributed by atoms with E-state index in [1.54, 1.807) is 47.0 Å². The van der Waals surface area contributed by atoms with Gasteiger partial charge in [0.1, 0.15) is 17.4 Å². The van der Waals surface area contributed by atoms with E-state index in [1.807, 2.05) is 20.8 Å². The minimum Gasteiger partial charge on any atom is -0.496 e. The Morgan fingerprint density at radius 3 is 2.49 bits per heavy atom. The number of hydrogen-bond donors (Lipinski definition) is 1. The number of nitrogens with one attached hydrogen (secondary N) is 1. The Morgan fingerprint density at radius 1 is 1.05 bits per heavy atom. The van der Waals surface area contributed by atoms with Crippen molar-refractivity contribution in [2.45, 2.75) is 32.4 Å². The lowest BCUT2D eigenvalue weighted by atomic mass is 9.86. The van der Waals surface area contributed by atoms with Crippen molar-refractivity contribution in [2.24, 2.45) is 0 Å². The predicted octanol–water partition coefficient (Wildman–Crippen LogP) is 6.75. The Morgan fingerprint density at radius 2 is 1.77 bits per heavy atom. The van der Waals surface area contributed by atoms with Crippen molar-refractivity contribution in [3.05, 3.63) is 93.0 Å². The average Bonchev–Trinajstić information content (AvgIpc) is 3.49. The van der Waals surface area contributed by atoms with Gasteiger partial charge in [-0.15, -0.1) is 0 Å². The molecule has 3 aromatic carbocycles. The number of anilines is 2. The summed E-state index contributed by atoms with van der Waals surface area (Å²) in [4.78, 5) is 34.8. The second kappa shape index (κ2) is 8.83. The van der Waals surface area contributed by atoms with Gasteiger partial charge in [-0.25, -0.2) is 9.37 Å². The van der Waals surface area contributed by atoms with E-state index in [0.717, 1.165) is 5.56 Å². The minimum absolute atomic E-state index is 0.0429. The Bertz CT molecular complexity index is 1720. The highest BCUT2D eigenvalue weighted by molar-refractivity contribution is 6.32. The Labute approximate surface area is 234 Å². The van der Waals surface area contributed by atoms with Gasteiger partial charge in [0.2, 0.25) is 0 Å². The Kier molecular flexibility index (Phi) is 5.75. The summed E-state index contributed by atoms with van der Waals surface area (Å²) < 4.78 is 22.6. The molecule has 39 heavy (non-hydrogen) atoms. The summed E-state index contributed by atoms with van der Waals surface area (Å²) >= 11 is 12.7. The molecule has 0 saturated carbocycles. The molecule has 1 atom stereocenters. The molecule has 1 N–H and O–H groups in total. The fourth-order valence-electron chi connectivity index (χ4n) is 5.70. The summed E-state index contributed by atoms with van der Waals surface area (Å²) in [5.41, 5.74) is 1.02. The standard InChI is InChI=1S/C29H23Cl2FN4O3/c1-14(2)35-25-24(34-26(35)23-19(32)6-5-7-22(23)39-4)27(37)36(21-13-17(31)9-8-15(21)3)29(25)18-11-10-16(30)12-20(18)33-28(29)38/h5-14H,1-4H3,(H,33,38). The van der Waals surface area contributed by atoms with Crippen LogP contribution in [-0.2, 0) is 10.3 Å². The van der Waals surface area contributed by atoms with Gasteiger partial charge in [-0.2, -0.15) is 0 Å². The number of methoxy groups -OCH3 is 1. The number of carbonyl (C=O) groups is 2. The second-order valence-corrected chi connectivity index (χ2v) is 10.7. The van der Waals surface area contributed by atoms with Crippen LogP contribution in [0.15, 0.2) is 54.6 Å². The number of halogens is 3. The number of aryl methyl sites for hydroxylation is 1. The zero-order valence-corrected chi connectivity index (χ0v) is 23.0. The number of aromatic nitrogens is 2. The molecule has 0 bridgehead atoms. The van der Waals surface area contributed by atoms with Gasteiger partial charge >= 0.3 is 0 Å². The molecule has 10 heteroatoms. The van der Waals surface area contributed by atoms with Gasteiger partial charge in [0, 0.05) is 27.3 Å². The van der Waals surface area contributed by atoms with Crippen LogP contribution < -0.4 is 15.0 Å². The summed E-state index contributed by atoms with van der Waals surface area (Å²) in [5, 5.41) is 3.76. The van der Waals surface area contributed by atoms with Crippen molar-refractivity contribution in [1.82, 2.24) is 9.55 Å². The molecule has 4 aromatic rings. The molecule has 0 aliphatic carbocycles. The van der Waals surface area contributed by atoms with Crippen LogP contribution in [0.1, 0.15) is 47.2 Å². The minimum atomic E-state index is -1.66. The summed E-state index contributed by atoms with van der Waals surface area (Å²) in [6.45, 7) is 5.62. The monoisotopic (exact) mass is 564 g/mol. The average molecular weight is 565 g/mol. The van der Waals surface area contributed by atoms with Crippen molar-refractivity contribution < 1.29 is 18.7 Å². The van der Waals surface area contributed by atoms with Gasteiger partial charge in [-0.05, 0) is 62.7 Å². The number of rotatable bonds is 4. The first-order valence-electron chi connectivity index (χ1n) is 12.3. The molecule has 1 spiro atoms. The van der Waals surface area contributed by atoms with Crippen molar-refractivity contribution in [2.75, 3.05) is 17.3 Å². The quantitative estimate of drug-likeness (QED) is 0.297. The van der Waals surface area contributed by atoms with E-state index in [9.17, 15) is 9.59 Å². The maximum absolute atomic E-state index is 15.4. The van der Waals surface area contributed by atoms with E-state index in [2.05, 4.69) is 5.32 Å². The zero-order valence-electron chi connectivity index (χ0n) is 21.5. The molecular formula is C29H23Cl2FN4O3. The van der Waals surface area contributed by atoms with E-state index in [0.29, 0.717) is 32.7 Å². The first-order chi connectivity index (χ1) is 18.6. The molecule has 6 rings (SSSR count). The highest BCUT2D eigenvalue weighted by atomic mass is 35.5. The van der Waals surface area contributed by atoms with Crippen LogP contribution in [-0.4, -0.2) is 28.5 Å². The van der Waals surface area contributed by atoms with Gasteiger partial charge in [0.15, 0.2) is 11.2 Å². The molecule has 1 aromatic heterocycles. The number of fused-ring (bicyclic) bond motifs is 4. The van der Waals surface area contributed by atoms with E-state index < -0.39 is 23.2 Å². The van der Waals surface area contributed by atoms with Crippen LogP contribution in [0.25, 0.3) is 11.4 Å². The van der Waals surface area contributed by atoms with Crippen LogP contribution in [0, 0.1) is 12.7 Å². The summed E-state index contributed by atoms with van der Waals surface area (Å²) in [5.74, 6) is -1.08. The number of amides is 2. The normalized spacial score (nSPS) is 17.7.